The van der Waals surface area contributed by atoms with Gasteiger partial charge in [-0.1, -0.05) is 51.5 Å². The molecule has 1 unspecified atom stereocenters. The molecule has 0 aliphatic rings. The highest BCUT2D eigenvalue weighted by molar-refractivity contribution is 6.01. The second kappa shape index (κ2) is 8.57. The molecular formula is C17H25NO3. The van der Waals surface area contributed by atoms with Gasteiger partial charge in [-0.05, 0) is 24.4 Å². The van der Waals surface area contributed by atoms with Crippen LogP contribution in [-0.2, 0) is 4.79 Å². The van der Waals surface area contributed by atoms with Gasteiger partial charge in [0.25, 0.3) is 0 Å². The fraction of sp³-hybridized carbons (Fsp3) is 0.529. The van der Waals surface area contributed by atoms with E-state index in [2.05, 4.69) is 26.1 Å². The van der Waals surface area contributed by atoms with Crippen molar-refractivity contribution in [1.82, 2.24) is 5.32 Å². The van der Waals surface area contributed by atoms with Gasteiger partial charge in [0, 0.05) is 5.56 Å². The molecule has 0 amide bonds. The van der Waals surface area contributed by atoms with Gasteiger partial charge in [0.2, 0.25) is 0 Å². The van der Waals surface area contributed by atoms with Crippen LogP contribution in [0, 0.1) is 0 Å². The molecule has 0 aliphatic heterocycles. The lowest BCUT2D eigenvalue weighted by Crippen LogP contribution is -2.39. The van der Waals surface area contributed by atoms with E-state index in [0.29, 0.717) is 18.0 Å². The molecule has 1 aromatic rings. The summed E-state index contributed by atoms with van der Waals surface area (Å²) in [5, 5.41) is 12.0. The van der Waals surface area contributed by atoms with Gasteiger partial charge in [-0.2, -0.15) is 0 Å². The summed E-state index contributed by atoms with van der Waals surface area (Å²) in [6.07, 6.45) is 1.74. The number of unbranched alkanes of at least 4 members (excludes halogenated alkanes) is 1. The number of carboxylic acid groups (broad SMARTS) is 1. The van der Waals surface area contributed by atoms with Gasteiger partial charge in [0.1, 0.15) is 0 Å². The molecule has 0 heterocycles. The largest absolute Gasteiger partial charge is 0.481 e. The van der Waals surface area contributed by atoms with Gasteiger partial charge in [0.15, 0.2) is 5.78 Å². The highest BCUT2D eigenvalue weighted by Gasteiger charge is 2.22. The summed E-state index contributed by atoms with van der Waals surface area (Å²) in [6.45, 7) is 6.90. The summed E-state index contributed by atoms with van der Waals surface area (Å²) in [6, 6.07) is 6.78. The monoisotopic (exact) mass is 291 g/mol. The molecule has 0 fully saturated rings. The number of carboxylic acids is 1. The first kappa shape index (κ1) is 17.4. The van der Waals surface area contributed by atoms with E-state index in [0.717, 1.165) is 12.8 Å². The van der Waals surface area contributed by atoms with Crippen molar-refractivity contribution >= 4 is 11.8 Å². The van der Waals surface area contributed by atoms with E-state index >= 15 is 0 Å². The molecule has 4 heteroatoms. The molecule has 0 aliphatic carbocycles. The average molecular weight is 291 g/mol. The van der Waals surface area contributed by atoms with Gasteiger partial charge in [-0.3, -0.25) is 9.59 Å². The first-order valence-corrected chi connectivity index (χ1v) is 7.55. The van der Waals surface area contributed by atoms with Crippen molar-refractivity contribution in [3.63, 3.8) is 0 Å². The quantitative estimate of drug-likeness (QED) is 0.541. The molecule has 1 atom stereocenters. The predicted octanol–water partition coefficient (Wildman–Crippen LogP) is 3.23. The lowest BCUT2D eigenvalue weighted by molar-refractivity contribution is -0.137. The lowest BCUT2D eigenvalue weighted by Gasteiger charge is -2.16. The van der Waals surface area contributed by atoms with Gasteiger partial charge in [-0.15, -0.1) is 0 Å². The number of benzene rings is 1. The van der Waals surface area contributed by atoms with E-state index in [1.807, 2.05) is 12.1 Å². The number of Topliss-reactive ketones (excluding diaryl/α,β-unsaturated/α-hetero) is 1. The summed E-state index contributed by atoms with van der Waals surface area (Å²) in [5.74, 6) is -0.702. The van der Waals surface area contributed by atoms with Crippen LogP contribution in [0.4, 0.5) is 0 Å². The highest BCUT2D eigenvalue weighted by Crippen LogP contribution is 2.16. The zero-order valence-electron chi connectivity index (χ0n) is 13.1. The zero-order valence-corrected chi connectivity index (χ0v) is 13.1. The molecule has 0 bridgehead atoms. The maximum Gasteiger partial charge on any atom is 0.305 e. The molecule has 0 saturated heterocycles. The fourth-order valence-electron chi connectivity index (χ4n) is 2.12. The molecular weight excluding hydrogens is 266 g/mol. The topological polar surface area (TPSA) is 66.4 Å². The van der Waals surface area contributed by atoms with E-state index in [4.69, 9.17) is 5.11 Å². The number of ketones is 1. The van der Waals surface area contributed by atoms with Crippen LogP contribution in [-0.4, -0.2) is 29.4 Å². The Bertz CT molecular complexity index is 465. The fourth-order valence-corrected chi connectivity index (χ4v) is 2.12. The number of hydrogen-bond donors (Lipinski definition) is 2. The maximum absolute atomic E-state index is 12.4. The molecule has 1 rings (SSSR count). The molecule has 2 N–H and O–H groups in total. The Morgan fingerprint density at radius 3 is 2.29 bits per heavy atom. The van der Waals surface area contributed by atoms with Crippen LogP contribution in [0.5, 0.6) is 0 Å². The van der Waals surface area contributed by atoms with Gasteiger partial charge < -0.3 is 10.4 Å². The number of carbonyl (C=O) groups is 2. The lowest BCUT2D eigenvalue weighted by atomic mass is 9.97. The minimum atomic E-state index is -0.962. The Kier molecular flexibility index (Phi) is 7.09. The summed E-state index contributed by atoms with van der Waals surface area (Å²) < 4.78 is 0. The van der Waals surface area contributed by atoms with Crippen molar-refractivity contribution in [2.45, 2.75) is 52.0 Å². The van der Waals surface area contributed by atoms with Crippen molar-refractivity contribution in [2.24, 2.45) is 0 Å². The van der Waals surface area contributed by atoms with Gasteiger partial charge >= 0.3 is 5.97 Å². The summed E-state index contributed by atoms with van der Waals surface area (Å²) in [5.41, 5.74) is 1.73. The van der Waals surface area contributed by atoms with Crippen LogP contribution < -0.4 is 5.32 Å². The van der Waals surface area contributed by atoms with Crippen LogP contribution in [0.15, 0.2) is 24.3 Å². The third kappa shape index (κ3) is 5.68. The normalized spacial score (nSPS) is 12.4. The number of aliphatic carboxylic acids is 1. The van der Waals surface area contributed by atoms with E-state index in [9.17, 15) is 9.59 Å². The van der Waals surface area contributed by atoms with Crippen molar-refractivity contribution in [3.05, 3.63) is 35.4 Å². The second-order valence-electron chi connectivity index (χ2n) is 5.60. The van der Waals surface area contributed by atoms with E-state index in [-0.39, 0.29) is 12.2 Å². The number of carbonyl (C=O) groups excluding carboxylic acids is 1. The van der Waals surface area contributed by atoms with Crippen LogP contribution in [0.2, 0.25) is 0 Å². The molecule has 0 saturated carbocycles. The number of nitrogens with one attached hydrogen (secondary N) is 1. The Labute approximate surface area is 126 Å². The van der Waals surface area contributed by atoms with Crippen LogP contribution in [0.25, 0.3) is 0 Å². The standard InChI is InChI=1S/C17H25NO3/c1-4-5-10-18-15(11-16(19)20)17(21)14-8-6-13(7-9-14)12(2)3/h6-9,12,15,18H,4-5,10-11H2,1-3H3,(H,19,20). The van der Waals surface area contributed by atoms with Crippen molar-refractivity contribution in [2.75, 3.05) is 6.54 Å². The smallest absolute Gasteiger partial charge is 0.305 e. The molecule has 0 radical (unpaired) electrons. The van der Waals surface area contributed by atoms with Crippen LogP contribution in [0.3, 0.4) is 0 Å². The van der Waals surface area contributed by atoms with E-state index in [1.165, 1.54) is 5.56 Å². The van der Waals surface area contributed by atoms with Gasteiger partial charge in [-0.25, -0.2) is 0 Å². The third-order valence-corrected chi connectivity index (χ3v) is 3.48. The van der Waals surface area contributed by atoms with E-state index in [1.54, 1.807) is 12.1 Å². The zero-order chi connectivity index (χ0) is 15.8. The van der Waals surface area contributed by atoms with Crippen LogP contribution >= 0.6 is 0 Å². The Morgan fingerprint density at radius 2 is 1.81 bits per heavy atom. The SMILES string of the molecule is CCCCNC(CC(=O)O)C(=O)c1ccc(C(C)C)cc1. The first-order chi connectivity index (χ1) is 9.95. The number of rotatable bonds is 9. The van der Waals surface area contributed by atoms with E-state index < -0.39 is 12.0 Å². The highest BCUT2D eigenvalue weighted by atomic mass is 16.4. The summed E-state index contributed by atoms with van der Waals surface area (Å²) in [4.78, 5) is 23.4. The Hall–Kier alpha value is -1.68. The molecule has 0 spiro atoms. The predicted molar refractivity (Wildman–Crippen MR) is 83.8 cm³/mol. The van der Waals surface area contributed by atoms with Crippen molar-refractivity contribution < 1.29 is 14.7 Å². The minimum Gasteiger partial charge on any atom is -0.481 e. The maximum atomic E-state index is 12.4. The molecule has 1 aromatic carbocycles. The molecule has 0 aromatic heterocycles. The Morgan fingerprint density at radius 1 is 1.19 bits per heavy atom. The minimum absolute atomic E-state index is 0.149. The molecule has 21 heavy (non-hydrogen) atoms. The van der Waals surface area contributed by atoms with Gasteiger partial charge in [0.05, 0.1) is 12.5 Å². The summed E-state index contributed by atoms with van der Waals surface area (Å²) >= 11 is 0. The van der Waals surface area contributed by atoms with Crippen LogP contribution in [0.1, 0.15) is 61.9 Å². The van der Waals surface area contributed by atoms with Crippen molar-refractivity contribution in [3.8, 4) is 0 Å². The summed E-state index contributed by atoms with van der Waals surface area (Å²) in [7, 11) is 0. The van der Waals surface area contributed by atoms with Crippen molar-refractivity contribution in [1.29, 1.82) is 0 Å². The Balaban J connectivity index is 2.80. The second-order valence-corrected chi connectivity index (χ2v) is 5.60. The number of hydrogen-bond acceptors (Lipinski definition) is 3. The molecule has 4 nitrogen and oxygen atoms in total. The molecule has 116 valence electrons. The third-order valence-electron chi connectivity index (χ3n) is 3.48. The first-order valence-electron chi connectivity index (χ1n) is 7.55. The average Bonchev–Trinajstić information content (AvgIpc) is 2.45.